The van der Waals surface area contributed by atoms with Crippen LogP contribution in [0.25, 0.3) is 0 Å². The van der Waals surface area contributed by atoms with Crippen LogP contribution in [-0.2, 0) is 9.59 Å². The van der Waals surface area contributed by atoms with E-state index in [1.165, 1.54) is 24.3 Å². The van der Waals surface area contributed by atoms with Gasteiger partial charge >= 0.3 is 0 Å². The van der Waals surface area contributed by atoms with Crippen LogP contribution in [0.1, 0.15) is 10.4 Å². The molecule has 2 saturated heterocycles. The number of nitrogens with zero attached hydrogens (tertiary/aromatic N) is 3. The monoisotopic (exact) mass is 413 g/mol. The van der Waals surface area contributed by atoms with E-state index >= 15 is 0 Å². The summed E-state index contributed by atoms with van der Waals surface area (Å²) in [6, 6.07) is 14.3. The topological polar surface area (TPSA) is 81.5 Å². The summed E-state index contributed by atoms with van der Waals surface area (Å²) in [5, 5.41) is 9.33. The molecule has 0 bridgehead atoms. The minimum atomic E-state index is -0.908. The molecule has 2 aromatic carbocycles. The van der Waals surface area contributed by atoms with Crippen molar-refractivity contribution in [1.82, 2.24) is 4.90 Å². The van der Waals surface area contributed by atoms with Crippen molar-refractivity contribution in [1.29, 1.82) is 5.26 Å². The summed E-state index contributed by atoms with van der Waals surface area (Å²) in [6.45, 7) is 0. The van der Waals surface area contributed by atoms with Crippen molar-refractivity contribution >= 4 is 23.3 Å². The molecule has 2 aromatic rings. The molecule has 7 heteroatoms. The highest BCUT2D eigenvalue weighted by atomic mass is 19.1. The fourth-order valence-corrected chi connectivity index (χ4v) is 4.74. The molecule has 152 valence electrons. The van der Waals surface area contributed by atoms with E-state index in [2.05, 4.69) is 6.07 Å². The van der Waals surface area contributed by atoms with Crippen molar-refractivity contribution in [2.24, 2.45) is 11.8 Å². The maximum atomic E-state index is 13.4. The zero-order valence-electron chi connectivity index (χ0n) is 16.2. The Morgan fingerprint density at radius 3 is 2.32 bits per heavy atom. The quantitative estimate of drug-likeness (QED) is 0.571. The van der Waals surface area contributed by atoms with E-state index in [-0.39, 0.29) is 11.5 Å². The molecular weight excluding hydrogens is 397 g/mol. The van der Waals surface area contributed by atoms with Gasteiger partial charge in [0.1, 0.15) is 11.9 Å². The van der Waals surface area contributed by atoms with Crippen molar-refractivity contribution in [2.75, 3.05) is 4.90 Å². The Balaban J connectivity index is 1.61. The van der Waals surface area contributed by atoms with Crippen LogP contribution in [0.4, 0.5) is 10.1 Å². The summed E-state index contributed by atoms with van der Waals surface area (Å²) < 4.78 is 13.4. The number of amides is 2. The van der Waals surface area contributed by atoms with Gasteiger partial charge in [0.2, 0.25) is 11.8 Å². The SMILES string of the molecule is N#CC1=C[C@@H]2[C@H]3C(=O)N(c4ccc(F)cc4)C(=O)[C@H]3[C@@H](C(=O)c3ccccc3)N2C=C1. The lowest BCUT2D eigenvalue weighted by Gasteiger charge is -2.32. The zero-order valence-corrected chi connectivity index (χ0v) is 16.2. The van der Waals surface area contributed by atoms with E-state index in [9.17, 15) is 24.0 Å². The molecule has 0 aliphatic carbocycles. The van der Waals surface area contributed by atoms with Gasteiger partial charge in [0, 0.05) is 11.8 Å². The van der Waals surface area contributed by atoms with Crippen LogP contribution in [0.5, 0.6) is 0 Å². The molecule has 0 aromatic heterocycles. The summed E-state index contributed by atoms with van der Waals surface area (Å²) in [7, 11) is 0. The number of nitriles is 1. The Hall–Kier alpha value is -4.05. The average molecular weight is 413 g/mol. The summed E-state index contributed by atoms with van der Waals surface area (Å²) in [5.74, 6) is -3.42. The van der Waals surface area contributed by atoms with Gasteiger partial charge < -0.3 is 4.90 Å². The summed E-state index contributed by atoms with van der Waals surface area (Å²) in [5.41, 5.74) is 1.07. The maximum Gasteiger partial charge on any atom is 0.240 e. The van der Waals surface area contributed by atoms with E-state index in [1.807, 2.05) is 0 Å². The molecule has 0 unspecified atom stereocenters. The molecule has 0 radical (unpaired) electrons. The van der Waals surface area contributed by atoms with Crippen LogP contribution in [-0.4, -0.2) is 34.6 Å². The van der Waals surface area contributed by atoms with E-state index in [0.717, 1.165) is 4.90 Å². The van der Waals surface area contributed by atoms with Crippen molar-refractivity contribution in [2.45, 2.75) is 12.1 Å². The molecular formula is C24H16FN3O3. The number of carbonyl (C=O) groups excluding carboxylic acids is 3. The Labute approximate surface area is 177 Å². The first-order valence-electron chi connectivity index (χ1n) is 9.81. The number of imide groups is 1. The Kier molecular flexibility index (Phi) is 4.29. The number of allylic oxidation sites excluding steroid dienone is 2. The minimum absolute atomic E-state index is 0.263. The summed E-state index contributed by atoms with van der Waals surface area (Å²) in [6.07, 6.45) is 4.83. The fourth-order valence-electron chi connectivity index (χ4n) is 4.74. The first-order chi connectivity index (χ1) is 15.0. The Bertz CT molecular complexity index is 1200. The van der Waals surface area contributed by atoms with Gasteiger partial charge in [0.05, 0.1) is 35.2 Å². The fraction of sp³-hybridized carbons (Fsp3) is 0.167. The van der Waals surface area contributed by atoms with E-state index in [1.54, 1.807) is 53.6 Å². The molecule has 0 N–H and O–H groups in total. The molecule has 2 fully saturated rings. The number of hydrogen-bond acceptors (Lipinski definition) is 5. The van der Waals surface area contributed by atoms with Gasteiger partial charge in [0.25, 0.3) is 0 Å². The van der Waals surface area contributed by atoms with Crippen LogP contribution in [0.3, 0.4) is 0 Å². The second-order valence-corrected chi connectivity index (χ2v) is 7.70. The van der Waals surface area contributed by atoms with E-state index in [0.29, 0.717) is 11.1 Å². The molecule has 4 atom stereocenters. The lowest BCUT2D eigenvalue weighted by Crippen LogP contribution is -2.46. The number of Topliss-reactive ketones (excluding diaryl/α,β-unsaturated/α-hetero) is 1. The number of benzene rings is 2. The van der Waals surface area contributed by atoms with Gasteiger partial charge in [-0.1, -0.05) is 30.3 Å². The molecule has 3 aliphatic rings. The molecule has 2 amide bonds. The van der Waals surface area contributed by atoms with Crippen molar-refractivity contribution in [3.8, 4) is 6.07 Å². The number of anilines is 1. The smallest absolute Gasteiger partial charge is 0.240 e. The van der Waals surface area contributed by atoms with Crippen molar-refractivity contribution in [3.63, 3.8) is 0 Å². The highest BCUT2D eigenvalue weighted by Crippen LogP contribution is 2.47. The zero-order chi connectivity index (χ0) is 21.7. The van der Waals surface area contributed by atoms with Gasteiger partial charge in [-0.25, -0.2) is 9.29 Å². The molecule has 5 rings (SSSR count). The van der Waals surface area contributed by atoms with Crippen molar-refractivity contribution in [3.05, 3.63) is 89.9 Å². The number of carbonyl (C=O) groups is 3. The highest BCUT2D eigenvalue weighted by molar-refractivity contribution is 6.24. The lowest BCUT2D eigenvalue weighted by molar-refractivity contribution is -0.123. The van der Waals surface area contributed by atoms with Gasteiger partial charge in [-0.15, -0.1) is 0 Å². The first-order valence-corrected chi connectivity index (χ1v) is 9.81. The minimum Gasteiger partial charge on any atom is -0.359 e. The third-order valence-electron chi connectivity index (χ3n) is 6.09. The van der Waals surface area contributed by atoms with Gasteiger partial charge in [-0.2, -0.15) is 5.26 Å². The first kappa shape index (κ1) is 18.9. The number of halogens is 1. The van der Waals surface area contributed by atoms with Gasteiger partial charge in [-0.05, 0) is 36.4 Å². The molecule has 3 heterocycles. The third kappa shape index (κ3) is 2.80. The summed E-state index contributed by atoms with van der Waals surface area (Å²) >= 11 is 0. The number of rotatable bonds is 3. The molecule has 0 spiro atoms. The van der Waals surface area contributed by atoms with Gasteiger partial charge in [-0.3, -0.25) is 14.4 Å². The number of hydrogen-bond donors (Lipinski definition) is 0. The second-order valence-electron chi connectivity index (χ2n) is 7.70. The predicted octanol–water partition coefficient (Wildman–Crippen LogP) is 2.84. The Morgan fingerprint density at radius 1 is 0.968 bits per heavy atom. The van der Waals surface area contributed by atoms with E-state index < -0.39 is 41.6 Å². The Morgan fingerprint density at radius 2 is 1.65 bits per heavy atom. The second kappa shape index (κ2) is 7.03. The van der Waals surface area contributed by atoms with E-state index in [4.69, 9.17) is 0 Å². The molecule has 0 saturated carbocycles. The molecule has 6 nitrogen and oxygen atoms in total. The highest BCUT2D eigenvalue weighted by Gasteiger charge is 2.63. The number of fused-ring (bicyclic) bond motifs is 3. The predicted molar refractivity (Wildman–Crippen MR) is 109 cm³/mol. The summed E-state index contributed by atoms with van der Waals surface area (Å²) in [4.78, 5) is 43.0. The van der Waals surface area contributed by atoms with Crippen molar-refractivity contribution < 1.29 is 18.8 Å². The standard InChI is InChI=1S/C24H16FN3O3/c25-16-6-8-17(9-7-16)28-23(30)19-18-12-14(13-26)10-11-27(18)21(20(19)24(28)31)22(29)15-4-2-1-3-5-15/h1-12,18-21H/t18-,19-,20-,21+/m1/s1. The molecule has 3 aliphatic heterocycles. The van der Waals surface area contributed by atoms with Crippen LogP contribution in [0, 0.1) is 29.0 Å². The maximum absolute atomic E-state index is 13.4. The molecule has 31 heavy (non-hydrogen) atoms. The number of ketones is 1. The van der Waals surface area contributed by atoms with Crippen LogP contribution in [0.2, 0.25) is 0 Å². The largest absolute Gasteiger partial charge is 0.359 e. The van der Waals surface area contributed by atoms with Crippen LogP contribution < -0.4 is 4.90 Å². The third-order valence-corrected chi connectivity index (χ3v) is 6.09. The normalized spacial score (nSPS) is 26.4. The van der Waals surface area contributed by atoms with Crippen LogP contribution >= 0.6 is 0 Å². The average Bonchev–Trinajstić information content (AvgIpc) is 3.26. The van der Waals surface area contributed by atoms with Gasteiger partial charge in [0.15, 0.2) is 5.78 Å². The lowest BCUT2D eigenvalue weighted by atomic mass is 9.86. The van der Waals surface area contributed by atoms with Crippen LogP contribution in [0.15, 0.2) is 78.5 Å².